The number of benzene rings is 1. The summed E-state index contributed by atoms with van der Waals surface area (Å²) in [4.78, 5) is 11.5. The fraction of sp³-hybridized carbons (Fsp3) is 0.435. The average Bonchev–Trinajstić information content (AvgIpc) is 3.53. The number of hydrogen-bond donors (Lipinski definition) is 3. The molecule has 0 amide bonds. The first-order chi connectivity index (χ1) is 15.3. The number of likely N-dealkylation sites (tertiary alicyclic amines) is 1. The molecule has 31 heavy (non-hydrogen) atoms. The van der Waals surface area contributed by atoms with Gasteiger partial charge in [-0.05, 0) is 56.6 Å². The number of aromatic amines is 1. The standard InChI is InChI=1S/C23H31N7O/c1-2-24-23(25-15-18-8-6-9-19(14-18)22-27-17-28-29-22)26-16-20(21-10-7-13-31-21)30-11-4-3-5-12-30/h6-10,13-14,17,20H,2-5,11-12,15-16H2,1H3,(H2,24,25,26)(H,27,28,29). The lowest BCUT2D eigenvalue weighted by Gasteiger charge is -2.33. The zero-order chi connectivity index (χ0) is 21.3. The summed E-state index contributed by atoms with van der Waals surface area (Å²) in [5.74, 6) is 2.57. The van der Waals surface area contributed by atoms with Gasteiger partial charge in [-0.3, -0.25) is 10.00 Å². The van der Waals surface area contributed by atoms with E-state index in [-0.39, 0.29) is 6.04 Å². The number of rotatable bonds is 8. The molecule has 1 aromatic carbocycles. The van der Waals surface area contributed by atoms with E-state index >= 15 is 0 Å². The number of nitrogens with one attached hydrogen (secondary N) is 3. The number of H-pyrrole nitrogens is 1. The molecule has 4 rings (SSSR count). The van der Waals surface area contributed by atoms with Crippen LogP contribution in [0.3, 0.4) is 0 Å². The van der Waals surface area contributed by atoms with Crippen molar-refractivity contribution in [2.45, 2.75) is 38.8 Å². The highest BCUT2D eigenvalue weighted by Gasteiger charge is 2.24. The van der Waals surface area contributed by atoms with Crippen molar-refractivity contribution in [3.05, 3.63) is 60.3 Å². The van der Waals surface area contributed by atoms with Crippen molar-refractivity contribution in [1.29, 1.82) is 0 Å². The van der Waals surface area contributed by atoms with Crippen LogP contribution >= 0.6 is 0 Å². The van der Waals surface area contributed by atoms with E-state index in [1.54, 1.807) is 6.26 Å². The van der Waals surface area contributed by atoms with Crippen LogP contribution in [-0.4, -0.2) is 52.2 Å². The van der Waals surface area contributed by atoms with Gasteiger partial charge in [-0.1, -0.05) is 24.6 Å². The third-order valence-corrected chi connectivity index (χ3v) is 5.55. The smallest absolute Gasteiger partial charge is 0.191 e. The number of piperidine rings is 1. The van der Waals surface area contributed by atoms with Gasteiger partial charge in [0.15, 0.2) is 11.8 Å². The number of nitrogens with zero attached hydrogens (tertiary/aromatic N) is 4. The summed E-state index contributed by atoms with van der Waals surface area (Å²) in [5, 5.41) is 13.7. The number of hydrogen-bond acceptors (Lipinski definition) is 5. The molecule has 8 heteroatoms. The van der Waals surface area contributed by atoms with Crippen molar-refractivity contribution < 1.29 is 4.42 Å². The zero-order valence-corrected chi connectivity index (χ0v) is 18.1. The normalized spacial score (nSPS) is 16.2. The van der Waals surface area contributed by atoms with Crippen molar-refractivity contribution in [3.63, 3.8) is 0 Å². The Morgan fingerprint density at radius 1 is 1.19 bits per heavy atom. The molecule has 3 heterocycles. The van der Waals surface area contributed by atoms with Gasteiger partial charge in [-0.2, -0.15) is 5.10 Å². The fourth-order valence-corrected chi connectivity index (χ4v) is 3.99. The van der Waals surface area contributed by atoms with Crippen LogP contribution in [-0.2, 0) is 6.54 Å². The van der Waals surface area contributed by atoms with E-state index in [1.165, 1.54) is 25.6 Å². The first-order valence-corrected chi connectivity index (χ1v) is 11.1. The maximum absolute atomic E-state index is 5.76. The Morgan fingerprint density at radius 2 is 2.10 bits per heavy atom. The number of furan rings is 1. The molecule has 1 aliphatic rings. The Morgan fingerprint density at radius 3 is 2.84 bits per heavy atom. The second-order valence-electron chi connectivity index (χ2n) is 7.74. The molecule has 0 spiro atoms. The highest BCUT2D eigenvalue weighted by Crippen LogP contribution is 2.24. The summed E-state index contributed by atoms with van der Waals surface area (Å²) in [7, 11) is 0. The van der Waals surface area contributed by atoms with Gasteiger partial charge in [0.1, 0.15) is 12.1 Å². The van der Waals surface area contributed by atoms with Crippen molar-refractivity contribution in [3.8, 4) is 11.4 Å². The van der Waals surface area contributed by atoms with Crippen molar-refractivity contribution in [1.82, 2.24) is 30.7 Å². The molecule has 1 fully saturated rings. The van der Waals surface area contributed by atoms with Crippen LogP contribution in [0.4, 0.5) is 0 Å². The topological polar surface area (TPSA) is 94.4 Å². The molecule has 3 aromatic rings. The van der Waals surface area contributed by atoms with E-state index in [0.29, 0.717) is 6.54 Å². The van der Waals surface area contributed by atoms with Gasteiger partial charge in [-0.25, -0.2) is 9.98 Å². The van der Waals surface area contributed by atoms with Crippen LogP contribution in [0.5, 0.6) is 0 Å². The van der Waals surface area contributed by atoms with Crippen molar-refractivity contribution >= 4 is 5.96 Å². The molecule has 0 aliphatic carbocycles. The third-order valence-electron chi connectivity index (χ3n) is 5.55. The summed E-state index contributed by atoms with van der Waals surface area (Å²) in [6.45, 7) is 6.42. The summed E-state index contributed by atoms with van der Waals surface area (Å²) >= 11 is 0. The predicted molar refractivity (Wildman–Crippen MR) is 122 cm³/mol. The van der Waals surface area contributed by atoms with Gasteiger partial charge >= 0.3 is 0 Å². The van der Waals surface area contributed by atoms with E-state index in [4.69, 9.17) is 9.41 Å². The molecule has 0 bridgehead atoms. The van der Waals surface area contributed by atoms with Crippen molar-refractivity contribution in [2.75, 3.05) is 26.2 Å². The van der Waals surface area contributed by atoms with Crippen LogP contribution in [0.15, 0.2) is 58.4 Å². The Balaban J connectivity index is 1.43. The van der Waals surface area contributed by atoms with Crippen LogP contribution in [0.25, 0.3) is 11.4 Å². The second kappa shape index (κ2) is 10.8. The molecular formula is C23H31N7O. The van der Waals surface area contributed by atoms with Gasteiger partial charge in [-0.15, -0.1) is 0 Å². The van der Waals surface area contributed by atoms with Crippen LogP contribution in [0, 0.1) is 0 Å². The number of aliphatic imine (C=N–C) groups is 1. The number of guanidine groups is 1. The van der Waals surface area contributed by atoms with Gasteiger partial charge in [0, 0.05) is 18.7 Å². The molecule has 1 unspecified atom stereocenters. The van der Waals surface area contributed by atoms with E-state index in [0.717, 1.165) is 54.9 Å². The Kier molecular flexibility index (Phi) is 7.33. The molecule has 1 atom stereocenters. The summed E-state index contributed by atoms with van der Waals surface area (Å²) in [6, 6.07) is 12.4. The molecule has 164 valence electrons. The first-order valence-electron chi connectivity index (χ1n) is 11.1. The minimum Gasteiger partial charge on any atom is -0.468 e. The van der Waals surface area contributed by atoms with E-state index in [9.17, 15) is 0 Å². The molecule has 1 aliphatic heterocycles. The minimum atomic E-state index is 0.203. The number of aromatic nitrogens is 3. The van der Waals surface area contributed by atoms with Gasteiger partial charge in [0.05, 0.1) is 18.8 Å². The van der Waals surface area contributed by atoms with Gasteiger partial charge < -0.3 is 15.1 Å². The molecule has 1 saturated heterocycles. The SMILES string of the molecule is CCNC(=NCc1cccc(-c2ncn[nH]2)c1)NCC(c1ccco1)N1CCCCC1. The lowest BCUT2D eigenvalue weighted by molar-refractivity contribution is 0.146. The maximum atomic E-state index is 5.76. The predicted octanol–water partition coefficient (Wildman–Crippen LogP) is 3.35. The monoisotopic (exact) mass is 421 g/mol. The van der Waals surface area contributed by atoms with E-state index < -0.39 is 0 Å². The minimum absolute atomic E-state index is 0.203. The molecule has 3 N–H and O–H groups in total. The van der Waals surface area contributed by atoms with E-state index in [1.807, 2.05) is 18.2 Å². The Bertz CT molecular complexity index is 931. The summed E-state index contributed by atoms with van der Waals surface area (Å²) < 4.78 is 5.76. The third kappa shape index (κ3) is 5.73. The van der Waals surface area contributed by atoms with Gasteiger partial charge in [0.2, 0.25) is 0 Å². The molecular weight excluding hydrogens is 390 g/mol. The van der Waals surface area contributed by atoms with Crippen LogP contribution < -0.4 is 10.6 Å². The maximum Gasteiger partial charge on any atom is 0.191 e. The quantitative estimate of drug-likeness (QED) is 0.381. The lowest BCUT2D eigenvalue weighted by Crippen LogP contribution is -2.44. The molecule has 2 aromatic heterocycles. The van der Waals surface area contributed by atoms with Crippen LogP contribution in [0.1, 0.15) is 43.6 Å². The zero-order valence-electron chi connectivity index (χ0n) is 18.1. The fourth-order valence-electron chi connectivity index (χ4n) is 3.99. The second-order valence-corrected chi connectivity index (χ2v) is 7.74. The van der Waals surface area contributed by atoms with Crippen LogP contribution in [0.2, 0.25) is 0 Å². The van der Waals surface area contributed by atoms with Crippen molar-refractivity contribution in [2.24, 2.45) is 4.99 Å². The highest BCUT2D eigenvalue weighted by molar-refractivity contribution is 5.79. The highest BCUT2D eigenvalue weighted by atomic mass is 16.3. The molecule has 8 nitrogen and oxygen atoms in total. The largest absolute Gasteiger partial charge is 0.468 e. The average molecular weight is 422 g/mol. The Hall–Kier alpha value is -3.13. The summed E-state index contributed by atoms with van der Waals surface area (Å²) in [5.41, 5.74) is 2.12. The van der Waals surface area contributed by atoms with E-state index in [2.05, 4.69) is 55.8 Å². The lowest BCUT2D eigenvalue weighted by atomic mass is 10.1. The first kappa shape index (κ1) is 21.1. The summed E-state index contributed by atoms with van der Waals surface area (Å²) in [6.07, 6.45) is 7.07. The molecule has 0 saturated carbocycles. The Labute approximate surface area is 183 Å². The van der Waals surface area contributed by atoms with Gasteiger partial charge in [0.25, 0.3) is 0 Å². The molecule has 0 radical (unpaired) electrons.